The maximum absolute atomic E-state index is 11.8. The lowest BCUT2D eigenvalue weighted by molar-refractivity contribution is -0.123. The van der Waals surface area contributed by atoms with Gasteiger partial charge in [-0.1, -0.05) is 0 Å². The molecule has 0 saturated carbocycles. The van der Waals surface area contributed by atoms with E-state index >= 15 is 0 Å². The fraction of sp³-hybridized carbons (Fsp3) is 0.429. The SMILES string of the molecule is O=C(CN1CCOCC1)N/N=C\c1cc2c(cc1Br)OCO2. The molecule has 2 aliphatic heterocycles. The fourth-order valence-corrected chi connectivity index (χ4v) is 2.63. The highest BCUT2D eigenvalue weighted by atomic mass is 79.9. The van der Waals surface area contributed by atoms with Crippen molar-refractivity contribution in [1.82, 2.24) is 10.3 Å². The molecule has 0 radical (unpaired) electrons. The number of morpholine rings is 1. The molecule has 2 heterocycles. The van der Waals surface area contributed by atoms with E-state index in [1.54, 1.807) is 6.21 Å². The molecule has 1 aromatic rings. The number of ether oxygens (including phenoxy) is 3. The molecular formula is C14H16BrN3O4. The van der Waals surface area contributed by atoms with Gasteiger partial charge in [-0.05, 0) is 28.1 Å². The number of benzene rings is 1. The average Bonchev–Trinajstić information content (AvgIpc) is 2.95. The highest BCUT2D eigenvalue weighted by Crippen LogP contribution is 2.36. The van der Waals surface area contributed by atoms with Crippen molar-refractivity contribution < 1.29 is 19.0 Å². The van der Waals surface area contributed by atoms with Crippen molar-refractivity contribution in [2.75, 3.05) is 39.6 Å². The second-order valence-electron chi connectivity index (χ2n) is 4.91. The third kappa shape index (κ3) is 3.76. The minimum Gasteiger partial charge on any atom is -0.454 e. The van der Waals surface area contributed by atoms with Gasteiger partial charge in [0.15, 0.2) is 11.5 Å². The van der Waals surface area contributed by atoms with Crippen LogP contribution in [0.2, 0.25) is 0 Å². The molecule has 2 aliphatic rings. The Bertz CT molecular complexity index is 588. The van der Waals surface area contributed by atoms with Crippen molar-refractivity contribution in [2.24, 2.45) is 5.10 Å². The molecule has 0 aliphatic carbocycles. The molecule has 1 N–H and O–H groups in total. The molecule has 118 valence electrons. The Morgan fingerprint density at radius 1 is 1.32 bits per heavy atom. The van der Waals surface area contributed by atoms with Crippen molar-refractivity contribution in [3.63, 3.8) is 0 Å². The van der Waals surface area contributed by atoms with E-state index in [0.717, 1.165) is 23.1 Å². The van der Waals surface area contributed by atoms with E-state index < -0.39 is 0 Å². The Kier molecular flexibility index (Phi) is 4.91. The first-order chi connectivity index (χ1) is 10.7. The van der Waals surface area contributed by atoms with Crippen LogP contribution in [0.5, 0.6) is 11.5 Å². The van der Waals surface area contributed by atoms with E-state index in [1.807, 2.05) is 17.0 Å². The second-order valence-corrected chi connectivity index (χ2v) is 5.76. The normalized spacial score (nSPS) is 17.9. The number of rotatable bonds is 4. The van der Waals surface area contributed by atoms with Crippen LogP contribution >= 0.6 is 15.9 Å². The molecule has 0 bridgehead atoms. The first-order valence-electron chi connectivity index (χ1n) is 6.93. The first kappa shape index (κ1) is 15.3. The molecule has 0 atom stereocenters. The summed E-state index contributed by atoms with van der Waals surface area (Å²) in [5.74, 6) is 1.22. The number of carbonyl (C=O) groups excluding carboxylic acids is 1. The molecular weight excluding hydrogens is 354 g/mol. The maximum Gasteiger partial charge on any atom is 0.254 e. The van der Waals surface area contributed by atoms with Gasteiger partial charge in [-0.15, -0.1) is 0 Å². The van der Waals surface area contributed by atoms with Gasteiger partial charge < -0.3 is 14.2 Å². The smallest absolute Gasteiger partial charge is 0.254 e. The van der Waals surface area contributed by atoms with Gasteiger partial charge in [-0.2, -0.15) is 5.10 Å². The summed E-state index contributed by atoms with van der Waals surface area (Å²) in [4.78, 5) is 13.8. The van der Waals surface area contributed by atoms with Crippen LogP contribution in [0.25, 0.3) is 0 Å². The largest absolute Gasteiger partial charge is 0.454 e. The summed E-state index contributed by atoms with van der Waals surface area (Å²) < 4.78 is 16.7. The van der Waals surface area contributed by atoms with Crippen LogP contribution in [0.4, 0.5) is 0 Å². The topological polar surface area (TPSA) is 72.4 Å². The molecule has 22 heavy (non-hydrogen) atoms. The predicted molar refractivity (Wildman–Crippen MR) is 83.3 cm³/mol. The van der Waals surface area contributed by atoms with Gasteiger partial charge in [0, 0.05) is 23.1 Å². The summed E-state index contributed by atoms with van der Waals surface area (Å²) in [5, 5.41) is 3.98. The van der Waals surface area contributed by atoms with Gasteiger partial charge in [0.05, 0.1) is 26.0 Å². The van der Waals surface area contributed by atoms with Crippen molar-refractivity contribution in [1.29, 1.82) is 0 Å². The van der Waals surface area contributed by atoms with Gasteiger partial charge in [0.25, 0.3) is 5.91 Å². The van der Waals surface area contributed by atoms with Crippen LogP contribution in [0, 0.1) is 0 Å². The summed E-state index contributed by atoms with van der Waals surface area (Å²) in [6, 6.07) is 3.63. The van der Waals surface area contributed by atoms with E-state index in [2.05, 4.69) is 26.5 Å². The van der Waals surface area contributed by atoms with Crippen LogP contribution in [0.3, 0.4) is 0 Å². The molecule has 7 nitrogen and oxygen atoms in total. The minimum absolute atomic E-state index is 0.144. The highest BCUT2D eigenvalue weighted by molar-refractivity contribution is 9.10. The van der Waals surface area contributed by atoms with Gasteiger partial charge in [-0.25, -0.2) is 5.43 Å². The summed E-state index contributed by atoms with van der Waals surface area (Å²) in [6.07, 6.45) is 1.57. The first-order valence-corrected chi connectivity index (χ1v) is 7.73. The number of fused-ring (bicyclic) bond motifs is 1. The van der Waals surface area contributed by atoms with Crippen molar-refractivity contribution >= 4 is 28.1 Å². The maximum atomic E-state index is 11.8. The van der Waals surface area contributed by atoms with Crippen LogP contribution in [0.1, 0.15) is 5.56 Å². The Morgan fingerprint density at radius 3 is 2.82 bits per heavy atom. The van der Waals surface area contributed by atoms with Crippen LogP contribution < -0.4 is 14.9 Å². The Balaban J connectivity index is 1.54. The second kappa shape index (κ2) is 7.08. The van der Waals surface area contributed by atoms with Gasteiger partial charge in [0.2, 0.25) is 6.79 Å². The number of hydrogen-bond acceptors (Lipinski definition) is 6. The summed E-state index contributed by atoms with van der Waals surface area (Å²) in [7, 11) is 0. The number of hydrazone groups is 1. The molecule has 1 aromatic carbocycles. The van der Waals surface area contributed by atoms with E-state index in [-0.39, 0.29) is 12.7 Å². The molecule has 0 spiro atoms. The standard InChI is InChI=1S/C14H16BrN3O4/c15-11-6-13-12(21-9-22-13)5-10(11)7-16-17-14(19)8-18-1-3-20-4-2-18/h5-7H,1-4,8-9H2,(H,17,19)/b16-7-. The summed E-state index contributed by atoms with van der Waals surface area (Å²) in [5.41, 5.74) is 3.33. The Hall–Kier alpha value is -1.64. The van der Waals surface area contributed by atoms with Crippen LogP contribution in [-0.4, -0.2) is 56.7 Å². The van der Waals surface area contributed by atoms with E-state index in [4.69, 9.17) is 14.2 Å². The van der Waals surface area contributed by atoms with E-state index in [9.17, 15) is 4.79 Å². The van der Waals surface area contributed by atoms with E-state index in [0.29, 0.717) is 31.3 Å². The number of halogens is 1. The number of nitrogens with zero attached hydrogens (tertiary/aromatic N) is 2. The zero-order valence-electron chi connectivity index (χ0n) is 11.9. The van der Waals surface area contributed by atoms with Gasteiger partial charge >= 0.3 is 0 Å². The Morgan fingerprint density at radius 2 is 2.05 bits per heavy atom. The van der Waals surface area contributed by atoms with Crippen molar-refractivity contribution in [3.8, 4) is 11.5 Å². The minimum atomic E-state index is -0.144. The zero-order chi connectivity index (χ0) is 15.4. The molecule has 1 saturated heterocycles. The highest BCUT2D eigenvalue weighted by Gasteiger charge is 2.16. The number of amides is 1. The van der Waals surface area contributed by atoms with Crippen molar-refractivity contribution in [3.05, 3.63) is 22.2 Å². The summed E-state index contributed by atoms with van der Waals surface area (Å²) in [6.45, 7) is 3.42. The number of nitrogens with one attached hydrogen (secondary N) is 1. The monoisotopic (exact) mass is 369 g/mol. The quantitative estimate of drug-likeness (QED) is 0.632. The van der Waals surface area contributed by atoms with E-state index in [1.165, 1.54) is 0 Å². The lowest BCUT2D eigenvalue weighted by Crippen LogP contribution is -2.42. The lowest BCUT2D eigenvalue weighted by Gasteiger charge is -2.25. The summed E-state index contributed by atoms with van der Waals surface area (Å²) >= 11 is 3.44. The molecule has 1 fully saturated rings. The van der Waals surface area contributed by atoms with Gasteiger partial charge in [-0.3, -0.25) is 9.69 Å². The average molecular weight is 370 g/mol. The third-order valence-electron chi connectivity index (χ3n) is 3.36. The van der Waals surface area contributed by atoms with Crippen LogP contribution in [0.15, 0.2) is 21.7 Å². The Labute approximate surface area is 136 Å². The molecule has 8 heteroatoms. The third-order valence-corrected chi connectivity index (χ3v) is 4.04. The zero-order valence-corrected chi connectivity index (χ0v) is 13.5. The fourth-order valence-electron chi connectivity index (χ4n) is 2.20. The molecule has 0 aromatic heterocycles. The lowest BCUT2D eigenvalue weighted by atomic mass is 10.2. The van der Waals surface area contributed by atoms with Gasteiger partial charge in [0.1, 0.15) is 0 Å². The molecule has 1 amide bonds. The number of hydrogen-bond donors (Lipinski definition) is 1. The molecule has 3 rings (SSSR count). The van der Waals surface area contributed by atoms with Crippen LogP contribution in [-0.2, 0) is 9.53 Å². The predicted octanol–water partition coefficient (Wildman–Crippen LogP) is 0.960. The molecule has 0 unspecified atom stereocenters. The number of carbonyl (C=O) groups is 1. The van der Waals surface area contributed by atoms with Crippen molar-refractivity contribution in [2.45, 2.75) is 0 Å².